The zero-order valence-electron chi connectivity index (χ0n) is 13.5. The van der Waals surface area contributed by atoms with E-state index in [2.05, 4.69) is 20.4 Å². The molecule has 0 aromatic carbocycles. The summed E-state index contributed by atoms with van der Waals surface area (Å²) in [6.45, 7) is 1.97. The number of hydrogen-bond donors (Lipinski definition) is 2. The van der Waals surface area contributed by atoms with Gasteiger partial charge < -0.3 is 11.1 Å². The van der Waals surface area contributed by atoms with Crippen LogP contribution in [0.3, 0.4) is 0 Å². The van der Waals surface area contributed by atoms with Gasteiger partial charge in [-0.3, -0.25) is 14.6 Å². The summed E-state index contributed by atoms with van der Waals surface area (Å²) in [5.41, 5.74) is 12.0. The summed E-state index contributed by atoms with van der Waals surface area (Å²) in [4.78, 5) is 9.05. The number of nitrogens with zero attached hydrogens (tertiary/aromatic N) is 4. The molecule has 6 heteroatoms. The first-order valence-corrected chi connectivity index (χ1v) is 7.43. The van der Waals surface area contributed by atoms with Gasteiger partial charge in [-0.15, -0.1) is 0 Å². The summed E-state index contributed by atoms with van der Waals surface area (Å²) < 4.78 is 1.75. The first kappa shape index (κ1) is 15.2. The van der Waals surface area contributed by atoms with Crippen molar-refractivity contribution in [1.82, 2.24) is 25.1 Å². The van der Waals surface area contributed by atoms with E-state index < -0.39 is 0 Å². The Morgan fingerprint density at radius 1 is 1.30 bits per heavy atom. The molecule has 0 saturated carbocycles. The molecule has 0 aliphatic heterocycles. The lowest BCUT2D eigenvalue weighted by atomic mass is 9.97. The number of rotatable bonds is 4. The molecule has 0 aliphatic rings. The lowest BCUT2D eigenvalue weighted by Gasteiger charge is -2.15. The summed E-state index contributed by atoms with van der Waals surface area (Å²) in [5, 5.41) is 7.26. The average molecular weight is 308 g/mol. The zero-order valence-corrected chi connectivity index (χ0v) is 13.5. The predicted molar refractivity (Wildman–Crippen MR) is 91.4 cm³/mol. The van der Waals surface area contributed by atoms with Crippen LogP contribution in [0.2, 0.25) is 0 Å². The van der Waals surface area contributed by atoms with Crippen molar-refractivity contribution >= 4 is 16.6 Å². The van der Waals surface area contributed by atoms with E-state index in [1.807, 2.05) is 57.8 Å². The summed E-state index contributed by atoms with van der Waals surface area (Å²) in [6.07, 6.45) is 7.44. The SMILES string of the molecule is CN/C=C(/c1cnc2ccc(C)nc2c1)C(N)c1cnn(C)c1. The highest BCUT2D eigenvalue weighted by atomic mass is 15.2. The summed E-state index contributed by atoms with van der Waals surface area (Å²) >= 11 is 0. The van der Waals surface area contributed by atoms with Crippen LogP contribution >= 0.6 is 0 Å². The molecule has 0 amide bonds. The van der Waals surface area contributed by atoms with Gasteiger partial charge in [0.05, 0.1) is 23.3 Å². The molecule has 0 aliphatic carbocycles. The fourth-order valence-electron chi connectivity index (χ4n) is 2.55. The molecule has 0 fully saturated rings. The highest BCUT2D eigenvalue weighted by Gasteiger charge is 2.16. The number of fused-ring (bicyclic) bond motifs is 1. The normalized spacial score (nSPS) is 13.3. The van der Waals surface area contributed by atoms with E-state index in [0.717, 1.165) is 33.4 Å². The molecule has 0 saturated heterocycles. The minimum absolute atomic E-state index is 0.291. The topological polar surface area (TPSA) is 81.7 Å². The average Bonchev–Trinajstić information content (AvgIpc) is 2.98. The largest absolute Gasteiger partial charge is 0.394 e. The number of hydrogen-bond acceptors (Lipinski definition) is 5. The van der Waals surface area contributed by atoms with Crippen LogP contribution in [0.5, 0.6) is 0 Å². The van der Waals surface area contributed by atoms with Gasteiger partial charge >= 0.3 is 0 Å². The molecular weight excluding hydrogens is 288 g/mol. The maximum atomic E-state index is 6.43. The Labute approximate surface area is 135 Å². The molecule has 3 heterocycles. The third-order valence-corrected chi connectivity index (χ3v) is 3.73. The van der Waals surface area contributed by atoms with E-state index in [1.54, 1.807) is 10.9 Å². The lowest BCUT2D eigenvalue weighted by Crippen LogP contribution is -2.14. The highest BCUT2D eigenvalue weighted by molar-refractivity contribution is 5.80. The Balaban J connectivity index is 2.06. The van der Waals surface area contributed by atoms with Gasteiger partial charge in [-0.1, -0.05) is 0 Å². The third-order valence-electron chi connectivity index (χ3n) is 3.73. The van der Waals surface area contributed by atoms with Gasteiger partial charge in [0.2, 0.25) is 0 Å². The Hall–Kier alpha value is -2.73. The zero-order chi connectivity index (χ0) is 16.4. The van der Waals surface area contributed by atoms with Crippen molar-refractivity contribution in [3.8, 4) is 0 Å². The molecule has 6 nitrogen and oxygen atoms in total. The molecule has 0 spiro atoms. The van der Waals surface area contributed by atoms with Gasteiger partial charge in [0, 0.05) is 49.5 Å². The van der Waals surface area contributed by atoms with Crippen molar-refractivity contribution < 1.29 is 0 Å². The second kappa shape index (κ2) is 6.18. The molecule has 0 radical (unpaired) electrons. The third kappa shape index (κ3) is 3.07. The van der Waals surface area contributed by atoms with E-state index in [4.69, 9.17) is 5.73 Å². The Bertz CT molecular complexity index is 864. The molecule has 3 rings (SSSR count). The maximum absolute atomic E-state index is 6.43. The van der Waals surface area contributed by atoms with E-state index in [-0.39, 0.29) is 6.04 Å². The summed E-state index contributed by atoms with van der Waals surface area (Å²) in [5.74, 6) is 0. The Kier molecular flexibility index (Phi) is 4.08. The molecule has 3 aromatic heterocycles. The minimum atomic E-state index is -0.291. The van der Waals surface area contributed by atoms with E-state index in [0.29, 0.717) is 0 Å². The molecule has 23 heavy (non-hydrogen) atoms. The van der Waals surface area contributed by atoms with Crippen LogP contribution in [0.25, 0.3) is 16.6 Å². The fourth-order valence-corrected chi connectivity index (χ4v) is 2.55. The molecule has 3 N–H and O–H groups in total. The fraction of sp³-hybridized carbons (Fsp3) is 0.235. The Morgan fingerprint density at radius 2 is 2.13 bits per heavy atom. The van der Waals surface area contributed by atoms with Crippen LogP contribution in [0.15, 0.2) is 43.0 Å². The summed E-state index contributed by atoms with van der Waals surface area (Å²) in [7, 11) is 3.73. The van der Waals surface area contributed by atoms with Crippen LogP contribution in [-0.2, 0) is 7.05 Å². The van der Waals surface area contributed by atoms with Gasteiger partial charge in [0.15, 0.2) is 0 Å². The van der Waals surface area contributed by atoms with E-state index >= 15 is 0 Å². The maximum Gasteiger partial charge on any atom is 0.0895 e. The van der Waals surface area contributed by atoms with Crippen molar-refractivity contribution in [2.75, 3.05) is 7.05 Å². The predicted octanol–water partition coefficient (Wildman–Crippen LogP) is 1.93. The number of pyridine rings is 2. The minimum Gasteiger partial charge on any atom is -0.394 e. The number of nitrogens with one attached hydrogen (secondary N) is 1. The first-order valence-electron chi connectivity index (χ1n) is 7.43. The van der Waals surface area contributed by atoms with Crippen molar-refractivity contribution in [2.24, 2.45) is 12.8 Å². The molecule has 3 aromatic rings. The highest BCUT2D eigenvalue weighted by Crippen LogP contribution is 2.28. The van der Waals surface area contributed by atoms with Crippen molar-refractivity contribution in [3.05, 3.63) is 59.8 Å². The summed E-state index contributed by atoms with van der Waals surface area (Å²) in [6, 6.07) is 5.67. The van der Waals surface area contributed by atoms with Crippen molar-refractivity contribution in [3.63, 3.8) is 0 Å². The van der Waals surface area contributed by atoms with Gasteiger partial charge in [-0.05, 0) is 30.7 Å². The van der Waals surface area contributed by atoms with Crippen molar-refractivity contribution in [1.29, 1.82) is 0 Å². The smallest absolute Gasteiger partial charge is 0.0895 e. The van der Waals surface area contributed by atoms with Gasteiger partial charge in [0.1, 0.15) is 0 Å². The molecule has 118 valence electrons. The van der Waals surface area contributed by atoms with Crippen LogP contribution in [-0.4, -0.2) is 26.8 Å². The molecular formula is C17H20N6. The Morgan fingerprint density at radius 3 is 2.83 bits per heavy atom. The van der Waals surface area contributed by atoms with E-state index in [9.17, 15) is 0 Å². The van der Waals surface area contributed by atoms with Crippen LogP contribution in [0, 0.1) is 6.92 Å². The van der Waals surface area contributed by atoms with E-state index in [1.165, 1.54) is 0 Å². The van der Waals surface area contributed by atoms with Gasteiger partial charge in [-0.25, -0.2) is 0 Å². The van der Waals surface area contributed by atoms with Crippen molar-refractivity contribution in [2.45, 2.75) is 13.0 Å². The van der Waals surface area contributed by atoms with Crippen LogP contribution in [0.4, 0.5) is 0 Å². The molecule has 0 bridgehead atoms. The van der Waals surface area contributed by atoms with Gasteiger partial charge in [0.25, 0.3) is 0 Å². The van der Waals surface area contributed by atoms with Gasteiger partial charge in [-0.2, -0.15) is 5.10 Å². The standard InChI is InChI=1S/C17H20N6/c1-11-4-5-15-16(22-11)6-12(7-20-15)14(9-19-2)17(18)13-8-21-23(3)10-13/h4-10,17,19H,18H2,1-3H3/b14-9-. The number of nitrogens with two attached hydrogens (primary N) is 1. The van der Waals surface area contributed by atoms with Crippen LogP contribution in [0.1, 0.15) is 22.9 Å². The lowest BCUT2D eigenvalue weighted by molar-refractivity contribution is 0.766. The second-order valence-corrected chi connectivity index (χ2v) is 5.53. The number of aromatic nitrogens is 4. The van der Waals surface area contributed by atoms with Crippen LogP contribution < -0.4 is 11.1 Å². The molecule has 1 unspecified atom stereocenters. The first-order chi connectivity index (χ1) is 11.1. The monoisotopic (exact) mass is 308 g/mol. The number of aryl methyl sites for hydroxylation is 2. The molecule has 1 atom stereocenters. The quantitative estimate of drug-likeness (QED) is 0.769. The second-order valence-electron chi connectivity index (χ2n) is 5.53.